The van der Waals surface area contributed by atoms with Gasteiger partial charge in [0.05, 0.1) is 6.04 Å². The van der Waals surface area contributed by atoms with Crippen molar-refractivity contribution in [3.05, 3.63) is 29.8 Å². The van der Waals surface area contributed by atoms with Crippen molar-refractivity contribution in [1.29, 1.82) is 0 Å². The number of hydrogen-bond acceptors (Lipinski definition) is 2. The Kier molecular flexibility index (Phi) is 3.42. The SMILES string of the molecule is CC1c2ccccc2NC(=O)N1N1CCCCCC1. The summed E-state index contributed by atoms with van der Waals surface area (Å²) in [7, 11) is 0. The molecule has 0 radical (unpaired) electrons. The summed E-state index contributed by atoms with van der Waals surface area (Å²) >= 11 is 0. The molecule has 2 amide bonds. The largest absolute Gasteiger partial charge is 0.336 e. The first kappa shape index (κ1) is 12.5. The van der Waals surface area contributed by atoms with Crippen LogP contribution in [0, 0.1) is 0 Å². The van der Waals surface area contributed by atoms with E-state index in [2.05, 4.69) is 23.3 Å². The number of urea groups is 1. The van der Waals surface area contributed by atoms with Crippen molar-refractivity contribution in [3.63, 3.8) is 0 Å². The first-order valence-corrected chi connectivity index (χ1v) is 7.21. The molecule has 3 rings (SSSR count). The van der Waals surface area contributed by atoms with Gasteiger partial charge in [0.1, 0.15) is 0 Å². The van der Waals surface area contributed by atoms with Crippen molar-refractivity contribution in [2.24, 2.45) is 0 Å². The number of hydrogen-bond donors (Lipinski definition) is 1. The second kappa shape index (κ2) is 5.21. The molecule has 2 heterocycles. The lowest BCUT2D eigenvalue weighted by molar-refractivity contribution is -0.00951. The maximum Gasteiger partial charge on any atom is 0.336 e. The van der Waals surface area contributed by atoms with E-state index in [0.29, 0.717) is 0 Å². The van der Waals surface area contributed by atoms with Gasteiger partial charge >= 0.3 is 6.03 Å². The predicted octanol–water partition coefficient (Wildman–Crippen LogP) is 3.39. The smallest absolute Gasteiger partial charge is 0.306 e. The van der Waals surface area contributed by atoms with Gasteiger partial charge in [-0.05, 0) is 31.4 Å². The number of para-hydroxylation sites is 1. The van der Waals surface area contributed by atoms with E-state index in [9.17, 15) is 4.79 Å². The van der Waals surface area contributed by atoms with E-state index in [0.717, 1.165) is 18.8 Å². The first-order chi connectivity index (χ1) is 9.27. The van der Waals surface area contributed by atoms with Crippen LogP contribution in [0.1, 0.15) is 44.2 Å². The van der Waals surface area contributed by atoms with E-state index >= 15 is 0 Å². The van der Waals surface area contributed by atoms with Crippen molar-refractivity contribution < 1.29 is 4.79 Å². The van der Waals surface area contributed by atoms with Crippen LogP contribution in [0.25, 0.3) is 0 Å². The summed E-state index contributed by atoms with van der Waals surface area (Å²) in [5.74, 6) is 0. The number of carbonyl (C=O) groups is 1. The Bertz CT molecular complexity index is 466. The van der Waals surface area contributed by atoms with Gasteiger partial charge in [0.25, 0.3) is 0 Å². The molecule has 0 saturated carbocycles. The van der Waals surface area contributed by atoms with E-state index in [1.165, 1.54) is 31.2 Å². The fourth-order valence-electron chi connectivity index (χ4n) is 3.10. The Morgan fingerprint density at radius 3 is 2.53 bits per heavy atom. The molecule has 2 aliphatic rings. The molecule has 1 N–H and O–H groups in total. The number of fused-ring (bicyclic) bond motifs is 1. The van der Waals surface area contributed by atoms with Crippen LogP contribution in [0.4, 0.5) is 10.5 Å². The van der Waals surface area contributed by atoms with Crippen LogP contribution in [-0.4, -0.2) is 29.1 Å². The number of rotatable bonds is 1. The Balaban J connectivity index is 1.87. The van der Waals surface area contributed by atoms with E-state index < -0.39 is 0 Å². The molecule has 1 fully saturated rings. The molecule has 1 aromatic carbocycles. The quantitative estimate of drug-likeness (QED) is 0.839. The highest BCUT2D eigenvalue weighted by molar-refractivity contribution is 5.92. The average Bonchev–Trinajstić information content (AvgIpc) is 2.68. The van der Waals surface area contributed by atoms with Crippen LogP contribution in [0.5, 0.6) is 0 Å². The minimum atomic E-state index is 0.00750. The van der Waals surface area contributed by atoms with Gasteiger partial charge in [-0.15, -0.1) is 0 Å². The Morgan fingerprint density at radius 1 is 1.11 bits per heavy atom. The third-order valence-electron chi connectivity index (χ3n) is 4.11. The lowest BCUT2D eigenvalue weighted by Crippen LogP contribution is -2.52. The maximum absolute atomic E-state index is 12.4. The molecule has 102 valence electrons. The van der Waals surface area contributed by atoms with Gasteiger partial charge in [0, 0.05) is 18.8 Å². The zero-order valence-electron chi connectivity index (χ0n) is 11.4. The molecular weight excluding hydrogens is 238 g/mol. The van der Waals surface area contributed by atoms with Crippen LogP contribution in [0.15, 0.2) is 24.3 Å². The van der Waals surface area contributed by atoms with Gasteiger partial charge in [-0.3, -0.25) is 0 Å². The van der Waals surface area contributed by atoms with Crippen molar-refractivity contribution in [2.45, 2.75) is 38.6 Å². The number of anilines is 1. The molecule has 0 bridgehead atoms. The average molecular weight is 259 g/mol. The molecule has 0 spiro atoms. The third-order valence-corrected chi connectivity index (χ3v) is 4.11. The van der Waals surface area contributed by atoms with E-state index in [1.54, 1.807) is 0 Å². The highest BCUT2D eigenvalue weighted by Crippen LogP contribution is 2.33. The molecular formula is C15H21N3O. The van der Waals surface area contributed by atoms with Gasteiger partial charge in [0.2, 0.25) is 0 Å². The summed E-state index contributed by atoms with van der Waals surface area (Å²) in [4.78, 5) is 12.4. The van der Waals surface area contributed by atoms with Crippen LogP contribution in [0.2, 0.25) is 0 Å². The third kappa shape index (κ3) is 2.32. The fraction of sp³-hybridized carbons (Fsp3) is 0.533. The van der Waals surface area contributed by atoms with Crippen LogP contribution >= 0.6 is 0 Å². The first-order valence-electron chi connectivity index (χ1n) is 7.21. The van der Waals surface area contributed by atoms with E-state index in [4.69, 9.17) is 0 Å². The molecule has 1 unspecified atom stereocenters. The van der Waals surface area contributed by atoms with E-state index in [1.807, 2.05) is 23.2 Å². The molecule has 1 aromatic rings. The number of benzene rings is 1. The van der Waals surface area contributed by atoms with Gasteiger partial charge < -0.3 is 5.32 Å². The van der Waals surface area contributed by atoms with Gasteiger partial charge in [0.15, 0.2) is 0 Å². The summed E-state index contributed by atoms with van der Waals surface area (Å²) < 4.78 is 0. The van der Waals surface area contributed by atoms with Crippen LogP contribution in [-0.2, 0) is 0 Å². The molecule has 0 aliphatic carbocycles. The fourth-order valence-corrected chi connectivity index (χ4v) is 3.10. The predicted molar refractivity (Wildman–Crippen MR) is 75.8 cm³/mol. The molecule has 1 saturated heterocycles. The summed E-state index contributed by atoms with van der Waals surface area (Å²) in [6, 6.07) is 8.20. The second-order valence-corrected chi connectivity index (χ2v) is 5.41. The topological polar surface area (TPSA) is 35.6 Å². The molecule has 0 aromatic heterocycles. The summed E-state index contributed by atoms with van der Waals surface area (Å²) in [6.07, 6.45) is 4.91. The Morgan fingerprint density at radius 2 is 1.79 bits per heavy atom. The number of carbonyl (C=O) groups excluding carboxylic acids is 1. The highest BCUT2D eigenvalue weighted by atomic mass is 16.2. The number of nitrogens with zero attached hydrogens (tertiary/aromatic N) is 2. The molecule has 4 nitrogen and oxygen atoms in total. The van der Waals surface area contributed by atoms with E-state index in [-0.39, 0.29) is 12.1 Å². The maximum atomic E-state index is 12.4. The molecule has 1 atom stereocenters. The number of amides is 2. The van der Waals surface area contributed by atoms with Gasteiger partial charge in [-0.2, -0.15) is 0 Å². The normalized spacial score (nSPS) is 24.6. The zero-order chi connectivity index (χ0) is 13.2. The number of nitrogens with one attached hydrogen (secondary N) is 1. The second-order valence-electron chi connectivity index (χ2n) is 5.41. The monoisotopic (exact) mass is 259 g/mol. The minimum Gasteiger partial charge on any atom is -0.306 e. The Hall–Kier alpha value is -1.55. The molecule has 4 heteroatoms. The molecule has 2 aliphatic heterocycles. The van der Waals surface area contributed by atoms with Crippen molar-refractivity contribution >= 4 is 11.7 Å². The van der Waals surface area contributed by atoms with Crippen LogP contribution < -0.4 is 5.32 Å². The van der Waals surface area contributed by atoms with Gasteiger partial charge in [-0.1, -0.05) is 31.0 Å². The lowest BCUT2D eigenvalue weighted by atomic mass is 10.0. The standard InChI is InChI=1S/C15H21N3O/c1-12-13-8-4-5-9-14(13)16-15(19)18(12)17-10-6-2-3-7-11-17/h4-5,8-9,12H,2-3,6-7,10-11H2,1H3,(H,16,19). The van der Waals surface area contributed by atoms with Gasteiger partial charge in [-0.25, -0.2) is 14.8 Å². The van der Waals surface area contributed by atoms with Crippen molar-refractivity contribution in [3.8, 4) is 0 Å². The van der Waals surface area contributed by atoms with Crippen molar-refractivity contribution in [1.82, 2.24) is 10.0 Å². The van der Waals surface area contributed by atoms with Crippen molar-refractivity contribution in [2.75, 3.05) is 18.4 Å². The Labute approximate surface area is 114 Å². The summed E-state index contributed by atoms with van der Waals surface area (Å²) in [5.41, 5.74) is 2.15. The molecule has 19 heavy (non-hydrogen) atoms. The summed E-state index contributed by atoms with van der Waals surface area (Å²) in [6.45, 7) is 4.09. The summed E-state index contributed by atoms with van der Waals surface area (Å²) in [5, 5.41) is 7.14. The number of hydrazine groups is 1. The highest BCUT2D eigenvalue weighted by Gasteiger charge is 2.33. The lowest BCUT2D eigenvalue weighted by Gasteiger charge is -2.42. The van der Waals surface area contributed by atoms with Crippen LogP contribution in [0.3, 0.4) is 0 Å². The zero-order valence-corrected chi connectivity index (χ0v) is 11.4. The minimum absolute atomic E-state index is 0.00750.